The molecule has 1 aromatic rings. The Morgan fingerprint density at radius 3 is 2.29 bits per heavy atom. The molecule has 0 aromatic heterocycles. The molecule has 0 fully saturated rings. The number of nitrogen functional groups attached to an aromatic ring is 2. The van der Waals surface area contributed by atoms with Gasteiger partial charge >= 0.3 is 7.82 Å². The normalized spacial score (nSPS) is 11.3. The smallest absolute Gasteiger partial charge is 0.506 e. The highest BCUT2D eigenvalue weighted by Crippen LogP contribution is 2.42. The highest BCUT2D eigenvalue weighted by atomic mass is 31.2. The molecule has 0 saturated heterocycles. The molecule has 14 heavy (non-hydrogen) atoms. The van der Waals surface area contributed by atoms with E-state index in [2.05, 4.69) is 4.52 Å². The third kappa shape index (κ3) is 2.53. The van der Waals surface area contributed by atoms with Crippen molar-refractivity contribution in [1.82, 2.24) is 0 Å². The largest absolute Gasteiger partial charge is 0.524 e. The molecule has 0 aliphatic carbocycles. The van der Waals surface area contributed by atoms with E-state index >= 15 is 0 Å². The molecule has 0 radical (unpaired) electrons. The van der Waals surface area contributed by atoms with Crippen molar-refractivity contribution < 1.29 is 24.0 Å². The van der Waals surface area contributed by atoms with Crippen LogP contribution in [-0.4, -0.2) is 14.9 Å². The Kier molecular flexibility index (Phi) is 2.57. The minimum absolute atomic E-state index is 0.000520. The van der Waals surface area contributed by atoms with Gasteiger partial charge in [0, 0.05) is 6.07 Å². The number of hydrogen-bond acceptors (Lipinski definition) is 5. The zero-order chi connectivity index (χ0) is 10.9. The van der Waals surface area contributed by atoms with Crippen molar-refractivity contribution in [2.45, 2.75) is 0 Å². The SMILES string of the molecule is Nc1cc(N)c(OP(=O)(O)O)cc1O. The molecule has 7 nitrogen and oxygen atoms in total. The monoisotopic (exact) mass is 220 g/mol. The minimum Gasteiger partial charge on any atom is -0.506 e. The number of phenolic OH excluding ortho intramolecular Hbond substituents is 1. The fourth-order valence-electron chi connectivity index (χ4n) is 0.811. The molecule has 0 saturated carbocycles. The number of hydrogen-bond donors (Lipinski definition) is 5. The lowest BCUT2D eigenvalue weighted by Gasteiger charge is -2.10. The second-order valence-electron chi connectivity index (χ2n) is 2.53. The van der Waals surface area contributed by atoms with Crippen molar-refractivity contribution in [2.75, 3.05) is 11.5 Å². The van der Waals surface area contributed by atoms with Gasteiger partial charge in [0.1, 0.15) is 5.75 Å². The summed E-state index contributed by atoms with van der Waals surface area (Å²) in [6, 6.07) is 2.07. The zero-order valence-corrected chi connectivity index (χ0v) is 7.81. The van der Waals surface area contributed by atoms with E-state index in [0.717, 1.165) is 12.1 Å². The molecule has 0 aliphatic rings. The summed E-state index contributed by atoms with van der Waals surface area (Å²) >= 11 is 0. The highest BCUT2D eigenvalue weighted by molar-refractivity contribution is 7.46. The lowest BCUT2D eigenvalue weighted by Crippen LogP contribution is -1.97. The van der Waals surface area contributed by atoms with E-state index in [-0.39, 0.29) is 22.9 Å². The van der Waals surface area contributed by atoms with E-state index < -0.39 is 7.82 Å². The Bertz CT molecular complexity index is 401. The van der Waals surface area contributed by atoms with Gasteiger partial charge in [0.05, 0.1) is 11.4 Å². The molecule has 0 amide bonds. The zero-order valence-electron chi connectivity index (χ0n) is 6.91. The predicted octanol–water partition coefficient (Wildman–Crippen LogP) is 0.0281. The molecule has 1 rings (SSSR count). The Hall–Kier alpha value is -1.43. The molecular weight excluding hydrogens is 211 g/mol. The summed E-state index contributed by atoms with van der Waals surface area (Å²) < 4.78 is 14.6. The van der Waals surface area contributed by atoms with E-state index in [9.17, 15) is 4.57 Å². The average molecular weight is 220 g/mol. The van der Waals surface area contributed by atoms with Gasteiger partial charge in [0.15, 0.2) is 5.75 Å². The summed E-state index contributed by atoms with van der Waals surface area (Å²) in [6.45, 7) is 0. The molecule has 0 bridgehead atoms. The van der Waals surface area contributed by atoms with E-state index in [0.29, 0.717) is 0 Å². The molecule has 0 heterocycles. The quantitative estimate of drug-likeness (QED) is 0.205. The standard InChI is InChI=1S/C6H9N2O5P/c7-3-1-4(8)6(2-5(3)9)13-14(10,11)12/h1-2,9H,7-8H2,(H2,10,11,12). The van der Waals surface area contributed by atoms with Gasteiger partial charge in [-0.1, -0.05) is 0 Å². The summed E-state index contributed by atoms with van der Waals surface area (Å²) in [6.07, 6.45) is 0. The number of rotatable bonds is 2. The van der Waals surface area contributed by atoms with Gasteiger partial charge in [-0.25, -0.2) is 4.57 Å². The van der Waals surface area contributed by atoms with Gasteiger partial charge in [0.25, 0.3) is 0 Å². The number of phosphoric acid groups is 1. The van der Waals surface area contributed by atoms with Gasteiger partial charge in [0.2, 0.25) is 0 Å². The van der Waals surface area contributed by atoms with Crippen LogP contribution >= 0.6 is 7.82 Å². The van der Waals surface area contributed by atoms with Crippen LogP contribution in [0.15, 0.2) is 12.1 Å². The van der Waals surface area contributed by atoms with Crippen molar-refractivity contribution in [3.63, 3.8) is 0 Å². The van der Waals surface area contributed by atoms with E-state index in [4.69, 9.17) is 26.4 Å². The first kappa shape index (κ1) is 10.6. The Morgan fingerprint density at radius 1 is 1.21 bits per heavy atom. The molecule has 78 valence electrons. The average Bonchev–Trinajstić information content (AvgIpc) is 1.97. The van der Waals surface area contributed by atoms with Gasteiger partial charge in [-0.3, -0.25) is 9.79 Å². The first-order chi connectivity index (χ1) is 6.29. The van der Waals surface area contributed by atoms with Crippen LogP contribution in [0.5, 0.6) is 11.5 Å². The maximum atomic E-state index is 10.5. The number of phosphoric ester groups is 1. The Labute approximate surface area is 79.2 Å². The first-order valence-corrected chi connectivity index (χ1v) is 4.96. The van der Waals surface area contributed by atoms with Crippen LogP contribution in [0.2, 0.25) is 0 Å². The van der Waals surface area contributed by atoms with Crippen molar-refractivity contribution in [3.05, 3.63) is 12.1 Å². The van der Waals surface area contributed by atoms with Crippen LogP contribution in [0.4, 0.5) is 11.4 Å². The molecule has 0 aliphatic heterocycles. The van der Waals surface area contributed by atoms with E-state index in [1.54, 1.807) is 0 Å². The summed E-state index contributed by atoms with van der Waals surface area (Å²) in [4.78, 5) is 17.0. The Balaban J connectivity index is 3.11. The van der Waals surface area contributed by atoms with Crippen LogP contribution in [-0.2, 0) is 4.57 Å². The fourth-order valence-corrected chi connectivity index (χ4v) is 1.22. The lowest BCUT2D eigenvalue weighted by molar-refractivity contribution is 0.283. The lowest BCUT2D eigenvalue weighted by atomic mass is 10.2. The van der Waals surface area contributed by atoms with Crippen LogP contribution < -0.4 is 16.0 Å². The summed E-state index contributed by atoms with van der Waals surface area (Å²) in [5.41, 5.74) is 10.5. The molecule has 0 spiro atoms. The molecule has 0 unspecified atom stereocenters. The van der Waals surface area contributed by atoms with Gasteiger partial charge in [-0.05, 0) is 6.07 Å². The number of phenols is 1. The molecule has 0 atom stereocenters. The second kappa shape index (κ2) is 3.38. The minimum atomic E-state index is -4.68. The number of anilines is 2. The van der Waals surface area contributed by atoms with Crippen LogP contribution in [0, 0.1) is 0 Å². The predicted molar refractivity (Wildman–Crippen MR) is 49.6 cm³/mol. The van der Waals surface area contributed by atoms with Crippen molar-refractivity contribution in [1.29, 1.82) is 0 Å². The number of nitrogens with two attached hydrogens (primary N) is 2. The van der Waals surface area contributed by atoms with E-state index in [1.807, 2.05) is 0 Å². The molecule has 8 heteroatoms. The van der Waals surface area contributed by atoms with Gasteiger partial charge < -0.3 is 21.1 Å². The third-order valence-electron chi connectivity index (χ3n) is 1.38. The van der Waals surface area contributed by atoms with Crippen molar-refractivity contribution in [2.24, 2.45) is 0 Å². The summed E-state index contributed by atoms with van der Waals surface area (Å²) in [7, 11) is -4.68. The first-order valence-electron chi connectivity index (χ1n) is 3.42. The van der Waals surface area contributed by atoms with E-state index in [1.165, 1.54) is 0 Å². The van der Waals surface area contributed by atoms with Gasteiger partial charge in [-0.15, -0.1) is 0 Å². The number of benzene rings is 1. The number of aromatic hydroxyl groups is 1. The Morgan fingerprint density at radius 2 is 1.79 bits per heavy atom. The van der Waals surface area contributed by atoms with Crippen molar-refractivity contribution >= 4 is 19.2 Å². The fraction of sp³-hybridized carbons (Fsp3) is 0. The molecule has 1 aromatic carbocycles. The molecular formula is C6H9N2O5P. The second-order valence-corrected chi connectivity index (χ2v) is 3.69. The maximum absolute atomic E-state index is 10.5. The van der Waals surface area contributed by atoms with Crippen LogP contribution in [0.3, 0.4) is 0 Å². The highest BCUT2D eigenvalue weighted by Gasteiger charge is 2.18. The topological polar surface area (TPSA) is 139 Å². The third-order valence-corrected chi connectivity index (χ3v) is 1.81. The maximum Gasteiger partial charge on any atom is 0.524 e. The molecule has 7 N–H and O–H groups in total. The van der Waals surface area contributed by atoms with Crippen LogP contribution in [0.1, 0.15) is 0 Å². The van der Waals surface area contributed by atoms with Crippen LogP contribution in [0.25, 0.3) is 0 Å². The summed E-state index contributed by atoms with van der Waals surface area (Å²) in [5, 5.41) is 9.11. The van der Waals surface area contributed by atoms with Crippen molar-refractivity contribution in [3.8, 4) is 11.5 Å². The summed E-state index contributed by atoms with van der Waals surface area (Å²) in [5.74, 6) is -0.673. The van der Waals surface area contributed by atoms with Gasteiger partial charge in [-0.2, -0.15) is 0 Å².